The van der Waals surface area contributed by atoms with Crippen LogP contribution in [0.5, 0.6) is 11.5 Å². The summed E-state index contributed by atoms with van der Waals surface area (Å²) >= 11 is 0. The number of rotatable bonds is 6. The van der Waals surface area contributed by atoms with Gasteiger partial charge in [-0.05, 0) is 54.8 Å². The van der Waals surface area contributed by atoms with Gasteiger partial charge < -0.3 is 14.2 Å². The Balaban J connectivity index is 1.21. The molecule has 0 radical (unpaired) electrons. The summed E-state index contributed by atoms with van der Waals surface area (Å²) in [6.07, 6.45) is 0.797. The molecule has 6 heteroatoms. The smallest absolute Gasteiger partial charge is 0.410 e. The lowest BCUT2D eigenvalue weighted by molar-refractivity contribution is -0.0755. The average Bonchev–Trinajstić information content (AvgIpc) is 2.88. The lowest BCUT2D eigenvalue weighted by Crippen LogP contribution is -2.59. The second-order valence-corrected chi connectivity index (χ2v) is 8.76. The Morgan fingerprint density at radius 1 is 0.794 bits per heavy atom. The van der Waals surface area contributed by atoms with Crippen LogP contribution in [-0.4, -0.2) is 42.1 Å². The summed E-state index contributed by atoms with van der Waals surface area (Å²) in [4.78, 5) is 27.9. The molecule has 6 nitrogen and oxygen atoms in total. The minimum absolute atomic E-state index is 0.0977. The lowest BCUT2D eigenvalue weighted by Gasteiger charge is -2.47. The molecule has 5 rings (SSSR count). The van der Waals surface area contributed by atoms with Gasteiger partial charge in [0.25, 0.3) is 0 Å². The molecule has 2 saturated heterocycles. The maximum absolute atomic E-state index is 13.3. The molecular formula is C28H27NO5. The Morgan fingerprint density at radius 3 is 2.03 bits per heavy atom. The number of Topliss-reactive ketones (excluding diaryl/α,β-unsaturated/α-hetero) is 1. The first-order chi connectivity index (χ1) is 16.7. The number of carbonyl (C=O) groups is 2. The largest absolute Gasteiger partial charge is 0.457 e. The molecule has 3 aromatic carbocycles. The van der Waals surface area contributed by atoms with E-state index in [9.17, 15) is 9.59 Å². The number of amides is 1. The normalized spacial score (nSPS) is 21.5. The average molecular weight is 458 g/mol. The maximum atomic E-state index is 13.3. The number of morpholine rings is 1. The van der Waals surface area contributed by atoms with Crippen LogP contribution in [0, 0.1) is 5.92 Å². The van der Waals surface area contributed by atoms with E-state index in [1.165, 1.54) is 0 Å². The van der Waals surface area contributed by atoms with Crippen LogP contribution < -0.4 is 4.74 Å². The molecule has 0 aliphatic carbocycles. The van der Waals surface area contributed by atoms with E-state index < -0.39 is 0 Å². The summed E-state index contributed by atoms with van der Waals surface area (Å²) < 4.78 is 17.1. The molecule has 0 aromatic heterocycles. The van der Waals surface area contributed by atoms with Crippen molar-refractivity contribution in [2.75, 3.05) is 13.2 Å². The Kier molecular flexibility index (Phi) is 6.58. The molecule has 2 bridgehead atoms. The van der Waals surface area contributed by atoms with Crippen molar-refractivity contribution in [1.82, 2.24) is 4.90 Å². The Hall–Kier alpha value is -3.64. The van der Waals surface area contributed by atoms with Crippen LogP contribution in [-0.2, 0) is 16.1 Å². The zero-order valence-electron chi connectivity index (χ0n) is 18.8. The first-order valence-corrected chi connectivity index (χ1v) is 11.6. The lowest BCUT2D eigenvalue weighted by atomic mass is 9.81. The topological polar surface area (TPSA) is 65.1 Å². The van der Waals surface area contributed by atoms with Gasteiger partial charge in [0.05, 0.1) is 25.3 Å². The predicted molar refractivity (Wildman–Crippen MR) is 127 cm³/mol. The van der Waals surface area contributed by atoms with Gasteiger partial charge in [-0.1, -0.05) is 48.5 Å². The predicted octanol–water partition coefficient (Wildman–Crippen LogP) is 5.48. The molecule has 34 heavy (non-hydrogen) atoms. The van der Waals surface area contributed by atoms with Crippen molar-refractivity contribution in [3.63, 3.8) is 0 Å². The molecule has 2 heterocycles. The third-order valence-electron chi connectivity index (χ3n) is 6.42. The van der Waals surface area contributed by atoms with Gasteiger partial charge >= 0.3 is 6.09 Å². The van der Waals surface area contributed by atoms with Gasteiger partial charge in [-0.2, -0.15) is 0 Å². The van der Waals surface area contributed by atoms with Crippen LogP contribution in [0.3, 0.4) is 0 Å². The third-order valence-corrected chi connectivity index (χ3v) is 6.42. The second kappa shape index (κ2) is 10.1. The van der Waals surface area contributed by atoms with Crippen LogP contribution in [0.1, 0.15) is 28.8 Å². The van der Waals surface area contributed by atoms with Gasteiger partial charge in [-0.3, -0.25) is 9.69 Å². The number of piperidine rings is 1. The second-order valence-electron chi connectivity index (χ2n) is 8.76. The van der Waals surface area contributed by atoms with Crippen molar-refractivity contribution in [3.8, 4) is 11.5 Å². The number of fused-ring (bicyclic) bond motifs is 2. The Morgan fingerprint density at radius 2 is 1.38 bits per heavy atom. The zero-order valence-corrected chi connectivity index (χ0v) is 18.8. The van der Waals surface area contributed by atoms with Crippen LogP contribution >= 0.6 is 0 Å². The van der Waals surface area contributed by atoms with Crippen molar-refractivity contribution < 1.29 is 23.8 Å². The van der Waals surface area contributed by atoms with Crippen LogP contribution in [0.2, 0.25) is 0 Å². The number of benzene rings is 3. The molecule has 2 unspecified atom stereocenters. The minimum atomic E-state index is -0.338. The molecule has 3 aromatic rings. The number of hydrogen-bond donors (Lipinski definition) is 0. The van der Waals surface area contributed by atoms with Gasteiger partial charge in [0.1, 0.15) is 18.1 Å². The molecule has 174 valence electrons. The third kappa shape index (κ3) is 4.97. The van der Waals surface area contributed by atoms with Gasteiger partial charge in [-0.25, -0.2) is 4.79 Å². The number of ketones is 1. The summed E-state index contributed by atoms with van der Waals surface area (Å²) in [7, 11) is 0. The van der Waals surface area contributed by atoms with E-state index in [0.29, 0.717) is 37.4 Å². The van der Waals surface area contributed by atoms with E-state index in [1.54, 1.807) is 4.90 Å². The fraction of sp³-hybridized carbons (Fsp3) is 0.286. The maximum Gasteiger partial charge on any atom is 0.410 e. The van der Waals surface area contributed by atoms with E-state index in [1.807, 2.05) is 84.9 Å². The van der Waals surface area contributed by atoms with Gasteiger partial charge in [-0.15, -0.1) is 0 Å². The molecule has 2 fully saturated rings. The molecular weight excluding hydrogens is 430 g/mol. The highest BCUT2D eigenvalue weighted by atomic mass is 16.6. The summed E-state index contributed by atoms with van der Waals surface area (Å²) in [5.41, 5.74) is 1.60. The molecule has 0 saturated carbocycles. The van der Waals surface area contributed by atoms with Crippen molar-refractivity contribution in [3.05, 3.63) is 96.1 Å². The van der Waals surface area contributed by atoms with Crippen LogP contribution in [0.4, 0.5) is 4.79 Å². The minimum Gasteiger partial charge on any atom is -0.457 e. The fourth-order valence-electron chi connectivity index (χ4n) is 4.77. The molecule has 2 aliphatic rings. The highest BCUT2D eigenvalue weighted by molar-refractivity contribution is 5.98. The van der Waals surface area contributed by atoms with E-state index in [4.69, 9.17) is 14.2 Å². The molecule has 2 aliphatic heterocycles. The number of ether oxygens (including phenoxy) is 3. The Labute approximate surface area is 199 Å². The van der Waals surface area contributed by atoms with Crippen molar-refractivity contribution >= 4 is 11.9 Å². The van der Waals surface area contributed by atoms with Crippen LogP contribution in [0.15, 0.2) is 84.9 Å². The molecule has 0 N–H and O–H groups in total. The quantitative estimate of drug-likeness (QED) is 0.459. The highest BCUT2D eigenvalue weighted by Crippen LogP contribution is 2.34. The first-order valence-electron chi connectivity index (χ1n) is 11.6. The van der Waals surface area contributed by atoms with Crippen molar-refractivity contribution in [2.24, 2.45) is 5.92 Å². The summed E-state index contributed by atoms with van der Waals surface area (Å²) in [5, 5.41) is 0. The van der Waals surface area contributed by atoms with E-state index >= 15 is 0 Å². The molecule has 2 atom stereocenters. The summed E-state index contributed by atoms with van der Waals surface area (Å²) in [6.45, 7) is 1.07. The highest BCUT2D eigenvalue weighted by Gasteiger charge is 2.44. The van der Waals surface area contributed by atoms with Crippen LogP contribution in [0.25, 0.3) is 0 Å². The van der Waals surface area contributed by atoms with E-state index in [2.05, 4.69) is 0 Å². The van der Waals surface area contributed by atoms with Gasteiger partial charge in [0.15, 0.2) is 5.78 Å². The van der Waals surface area contributed by atoms with E-state index in [-0.39, 0.29) is 36.5 Å². The summed E-state index contributed by atoms with van der Waals surface area (Å²) in [5.74, 6) is 1.38. The van der Waals surface area contributed by atoms with E-state index in [0.717, 1.165) is 11.3 Å². The SMILES string of the molecule is O=C(c1ccc(Oc2ccccc2)cc1)C1CC2COCC(C1)N2C(=O)OCc1ccccc1. The number of hydrogen-bond acceptors (Lipinski definition) is 5. The van der Waals surface area contributed by atoms with Gasteiger partial charge in [0.2, 0.25) is 0 Å². The van der Waals surface area contributed by atoms with Crippen molar-refractivity contribution in [1.29, 1.82) is 0 Å². The van der Waals surface area contributed by atoms with Gasteiger partial charge in [0, 0.05) is 11.5 Å². The summed E-state index contributed by atoms with van der Waals surface area (Å²) in [6, 6.07) is 26.1. The number of para-hydroxylation sites is 1. The standard InChI is InChI=1S/C28H27NO5/c30-27(21-11-13-26(14-12-21)34-25-9-5-2-6-10-25)22-15-23-18-32-19-24(16-22)29(23)28(31)33-17-20-7-3-1-4-8-20/h1-14,22-24H,15-19H2. The zero-order chi connectivity index (χ0) is 23.3. The molecule has 0 spiro atoms. The fourth-order valence-corrected chi connectivity index (χ4v) is 4.77. The monoisotopic (exact) mass is 457 g/mol. The first kappa shape index (κ1) is 22.2. The molecule has 1 amide bonds. The van der Waals surface area contributed by atoms with Crippen molar-refractivity contribution in [2.45, 2.75) is 31.5 Å². The number of carbonyl (C=O) groups excluding carboxylic acids is 2. The number of nitrogens with zero attached hydrogens (tertiary/aromatic N) is 1. The Bertz CT molecular complexity index is 1100.